The maximum absolute atomic E-state index is 12.3. The molecule has 1 aliphatic rings. The molecule has 3 rings (SSSR count). The fourth-order valence-electron chi connectivity index (χ4n) is 3.39. The minimum atomic E-state index is -0.199. The highest BCUT2D eigenvalue weighted by atomic mass is 16.5. The largest absolute Gasteiger partial charge is 0.483 e. The molecule has 2 aromatic carbocycles. The molecule has 1 heterocycles. The van der Waals surface area contributed by atoms with Crippen LogP contribution in [0.2, 0.25) is 0 Å². The van der Waals surface area contributed by atoms with Crippen molar-refractivity contribution in [3.05, 3.63) is 53.6 Å². The lowest BCUT2D eigenvalue weighted by molar-refractivity contribution is -0.118. The molecule has 0 saturated carbocycles. The SMILES string of the molecule is CCC(C)c1ccccc1OCC(=O)Nc1ccc2c(c1)CCN2C(C)=O. The van der Waals surface area contributed by atoms with E-state index in [2.05, 4.69) is 19.2 Å². The van der Waals surface area contributed by atoms with Crippen molar-refractivity contribution in [2.24, 2.45) is 0 Å². The Labute approximate surface area is 160 Å². The van der Waals surface area contributed by atoms with Gasteiger partial charge < -0.3 is 15.0 Å². The second-order valence-corrected chi connectivity index (χ2v) is 6.95. The first-order valence-electron chi connectivity index (χ1n) is 9.42. The van der Waals surface area contributed by atoms with E-state index >= 15 is 0 Å². The van der Waals surface area contributed by atoms with Crippen LogP contribution < -0.4 is 15.0 Å². The average Bonchev–Trinajstić information content (AvgIpc) is 3.09. The monoisotopic (exact) mass is 366 g/mol. The van der Waals surface area contributed by atoms with Gasteiger partial charge in [0.25, 0.3) is 5.91 Å². The fraction of sp³-hybridized carbons (Fsp3) is 0.364. The summed E-state index contributed by atoms with van der Waals surface area (Å²) >= 11 is 0. The molecule has 1 atom stereocenters. The molecule has 0 aromatic heterocycles. The molecule has 1 unspecified atom stereocenters. The van der Waals surface area contributed by atoms with E-state index in [4.69, 9.17) is 4.74 Å². The number of anilines is 2. The number of nitrogens with one attached hydrogen (secondary N) is 1. The molecular weight excluding hydrogens is 340 g/mol. The molecule has 0 fully saturated rings. The molecule has 0 spiro atoms. The molecule has 27 heavy (non-hydrogen) atoms. The highest BCUT2D eigenvalue weighted by Gasteiger charge is 2.22. The third kappa shape index (κ3) is 4.30. The van der Waals surface area contributed by atoms with Gasteiger partial charge in [0.2, 0.25) is 5.91 Å². The third-order valence-electron chi connectivity index (χ3n) is 5.06. The number of nitrogens with zero attached hydrogens (tertiary/aromatic N) is 1. The van der Waals surface area contributed by atoms with Crippen molar-refractivity contribution in [1.29, 1.82) is 0 Å². The van der Waals surface area contributed by atoms with E-state index < -0.39 is 0 Å². The van der Waals surface area contributed by atoms with Crippen molar-refractivity contribution in [3.8, 4) is 5.75 Å². The van der Waals surface area contributed by atoms with Crippen LogP contribution in [0.25, 0.3) is 0 Å². The smallest absolute Gasteiger partial charge is 0.262 e. The first-order valence-corrected chi connectivity index (χ1v) is 9.42. The molecule has 5 nitrogen and oxygen atoms in total. The highest BCUT2D eigenvalue weighted by molar-refractivity contribution is 5.96. The molecule has 2 amide bonds. The Morgan fingerprint density at radius 2 is 2.00 bits per heavy atom. The molecule has 0 radical (unpaired) electrons. The number of rotatable bonds is 6. The third-order valence-corrected chi connectivity index (χ3v) is 5.06. The van der Waals surface area contributed by atoms with Gasteiger partial charge in [-0.15, -0.1) is 0 Å². The molecule has 1 N–H and O–H groups in total. The Hall–Kier alpha value is -2.82. The van der Waals surface area contributed by atoms with E-state index in [0.717, 1.165) is 41.1 Å². The summed E-state index contributed by atoms with van der Waals surface area (Å²) in [4.78, 5) is 25.7. The Kier molecular flexibility index (Phi) is 5.79. The topological polar surface area (TPSA) is 58.6 Å². The lowest BCUT2D eigenvalue weighted by Crippen LogP contribution is -2.25. The van der Waals surface area contributed by atoms with E-state index in [9.17, 15) is 9.59 Å². The molecule has 0 saturated heterocycles. The number of carbonyl (C=O) groups excluding carboxylic acids is 2. The maximum atomic E-state index is 12.3. The number of carbonyl (C=O) groups is 2. The zero-order valence-corrected chi connectivity index (χ0v) is 16.1. The zero-order chi connectivity index (χ0) is 19.4. The van der Waals surface area contributed by atoms with Crippen LogP contribution in [0.1, 0.15) is 44.2 Å². The van der Waals surface area contributed by atoms with E-state index in [1.54, 1.807) is 11.8 Å². The molecule has 1 aliphatic heterocycles. The Morgan fingerprint density at radius 1 is 1.22 bits per heavy atom. The van der Waals surface area contributed by atoms with E-state index in [-0.39, 0.29) is 18.4 Å². The summed E-state index contributed by atoms with van der Waals surface area (Å²) in [6.07, 6.45) is 1.82. The van der Waals surface area contributed by atoms with E-state index in [0.29, 0.717) is 12.5 Å². The summed E-state index contributed by atoms with van der Waals surface area (Å²) in [6, 6.07) is 13.5. The lowest BCUT2D eigenvalue weighted by atomic mass is 9.98. The van der Waals surface area contributed by atoms with Gasteiger partial charge in [-0.05, 0) is 54.2 Å². The number of ether oxygens (including phenoxy) is 1. The van der Waals surface area contributed by atoms with Crippen LogP contribution in [0.5, 0.6) is 5.75 Å². The van der Waals surface area contributed by atoms with Crippen molar-refractivity contribution >= 4 is 23.2 Å². The number of para-hydroxylation sites is 1. The Bertz CT molecular complexity index is 847. The fourth-order valence-corrected chi connectivity index (χ4v) is 3.39. The molecule has 5 heteroatoms. The summed E-state index contributed by atoms with van der Waals surface area (Å²) in [5.74, 6) is 0.979. The molecule has 0 aliphatic carbocycles. The molecule has 142 valence electrons. The normalized spacial score (nSPS) is 13.8. The van der Waals surface area contributed by atoms with Crippen molar-refractivity contribution in [1.82, 2.24) is 0 Å². The second-order valence-electron chi connectivity index (χ2n) is 6.95. The zero-order valence-electron chi connectivity index (χ0n) is 16.1. The van der Waals surface area contributed by atoms with Gasteiger partial charge >= 0.3 is 0 Å². The molecular formula is C22H26N2O3. The highest BCUT2D eigenvalue weighted by Crippen LogP contribution is 2.31. The summed E-state index contributed by atoms with van der Waals surface area (Å²) in [5, 5.41) is 2.88. The van der Waals surface area contributed by atoms with Crippen molar-refractivity contribution in [3.63, 3.8) is 0 Å². The van der Waals surface area contributed by atoms with Gasteiger partial charge in [-0.1, -0.05) is 32.0 Å². The number of hydrogen-bond donors (Lipinski definition) is 1. The first kappa shape index (κ1) is 19.0. The van der Waals surface area contributed by atoms with E-state index in [1.165, 1.54) is 0 Å². The van der Waals surface area contributed by atoms with Gasteiger partial charge in [0, 0.05) is 24.8 Å². The summed E-state index contributed by atoms with van der Waals surface area (Å²) < 4.78 is 5.77. The van der Waals surface area contributed by atoms with Gasteiger partial charge in [0.15, 0.2) is 6.61 Å². The molecule has 0 bridgehead atoms. The predicted molar refractivity (Wildman–Crippen MR) is 107 cm³/mol. The number of amides is 2. The maximum Gasteiger partial charge on any atom is 0.262 e. The van der Waals surface area contributed by atoms with Crippen LogP contribution in [0.4, 0.5) is 11.4 Å². The summed E-state index contributed by atoms with van der Waals surface area (Å²) in [6.45, 7) is 6.51. The van der Waals surface area contributed by atoms with Crippen molar-refractivity contribution in [2.75, 3.05) is 23.4 Å². The Balaban J connectivity index is 1.62. The number of fused-ring (bicyclic) bond motifs is 1. The lowest BCUT2D eigenvalue weighted by Gasteiger charge is -2.16. The quantitative estimate of drug-likeness (QED) is 0.836. The van der Waals surface area contributed by atoms with Gasteiger partial charge in [-0.3, -0.25) is 9.59 Å². The van der Waals surface area contributed by atoms with Gasteiger partial charge in [-0.2, -0.15) is 0 Å². The average molecular weight is 366 g/mol. The van der Waals surface area contributed by atoms with Crippen LogP contribution in [-0.2, 0) is 16.0 Å². The van der Waals surface area contributed by atoms with Gasteiger partial charge in [0.05, 0.1) is 0 Å². The second kappa shape index (κ2) is 8.25. The minimum absolute atomic E-state index is 0.0376. The van der Waals surface area contributed by atoms with Crippen LogP contribution in [0.15, 0.2) is 42.5 Å². The Morgan fingerprint density at radius 3 is 2.74 bits per heavy atom. The molecule has 2 aromatic rings. The first-order chi connectivity index (χ1) is 13.0. The van der Waals surface area contributed by atoms with Crippen molar-refractivity contribution < 1.29 is 14.3 Å². The van der Waals surface area contributed by atoms with Crippen LogP contribution in [0.3, 0.4) is 0 Å². The van der Waals surface area contributed by atoms with Crippen molar-refractivity contribution in [2.45, 2.75) is 39.5 Å². The van der Waals surface area contributed by atoms with Crippen LogP contribution in [-0.4, -0.2) is 25.0 Å². The van der Waals surface area contributed by atoms with Gasteiger partial charge in [-0.25, -0.2) is 0 Å². The predicted octanol–water partition coefficient (Wildman–Crippen LogP) is 4.13. The standard InChI is InChI=1S/C22H26N2O3/c1-4-15(2)19-7-5-6-8-21(19)27-14-22(26)23-18-9-10-20-17(13-18)11-12-24(20)16(3)25/h5-10,13,15H,4,11-12,14H2,1-3H3,(H,23,26). The van der Waals surface area contributed by atoms with Gasteiger partial charge in [0.1, 0.15) is 5.75 Å². The van der Waals surface area contributed by atoms with E-state index in [1.807, 2.05) is 42.5 Å². The minimum Gasteiger partial charge on any atom is -0.483 e. The summed E-state index contributed by atoms with van der Waals surface area (Å²) in [7, 11) is 0. The summed E-state index contributed by atoms with van der Waals surface area (Å²) in [5.41, 5.74) is 3.85. The van der Waals surface area contributed by atoms with Crippen LogP contribution in [0, 0.1) is 0 Å². The number of hydrogen-bond acceptors (Lipinski definition) is 3. The van der Waals surface area contributed by atoms with Crippen LogP contribution >= 0.6 is 0 Å². The number of benzene rings is 2.